The summed E-state index contributed by atoms with van der Waals surface area (Å²) < 4.78 is 0. The van der Waals surface area contributed by atoms with Gasteiger partial charge in [0.15, 0.2) is 0 Å². The summed E-state index contributed by atoms with van der Waals surface area (Å²) in [5.74, 6) is 0. The molecule has 48 valence electrons. The fraction of sp³-hybridized carbons (Fsp3) is 0. The van der Waals surface area contributed by atoms with E-state index in [0.29, 0.717) is 0 Å². The van der Waals surface area contributed by atoms with Crippen LogP contribution in [-0.2, 0) is 0 Å². The third-order valence-corrected chi connectivity index (χ3v) is 0.574. The van der Waals surface area contributed by atoms with Gasteiger partial charge in [-0.05, 0) is 17.1 Å². The van der Waals surface area contributed by atoms with E-state index in [4.69, 9.17) is 0 Å². The fourth-order valence-corrected chi connectivity index (χ4v) is 0.320. The molecule has 0 fully saturated rings. The molecule has 1 aromatic rings. The summed E-state index contributed by atoms with van der Waals surface area (Å²) >= 11 is 0. The van der Waals surface area contributed by atoms with Crippen molar-refractivity contribution in [1.29, 1.82) is 0 Å². The molecule has 1 heterocycles. The van der Waals surface area contributed by atoms with Crippen LogP contribution in [0.4, 0.5) is 0 Å². The number of nitrogens with zero attached hydrogens (tertiary/aromatic N) is 3. The molecular formula is C3Li3N3O3. The maximum atomic E-state index is 10.0. The van der Waals surface area contributed by atoms with Gasteiger partial charge in [0.2, 0.25) is 0 Å². The molecular weight excluding hydrogens is 147 g/mol. The molecule has 12 heavy (non-hydrogen) atoms. The van der Waals surface area contributed by atoms with Gasteiger partial charge < -0.3 is 29.3 Å². The van der Waals surface area contributed by atoms with Crippen LogP contribution in [0, 0.1) is 0 Å². The van der Waals surface area contributed by atoms with Crippen molar-refractivity contribution in [1.82, 2.24) is 15.0 Å². The normalized spacial score (nSPS) is 7.00. The Morgan fingerprint density at radius 2 is 0.750 bits per heavy atom. The summed E-state index contributed by atoms with van der Waals surface area (Å²) in [5, 5.41) is 0. The molecule has 1 aromatic heterocycles. The van der Waals surface area contributed by atoms with Crippen LogP contribution in [0.1, 0.15) is 0 Å². The van der Waals surface area contributed by atoms with E-state index in [1.54, 1.807) is 0 Å². The Hall–Kier alpha value is 0.202. The number of hydrogen-bond acceptors (Lipinski definition) is 3. The van der Waals surface area contributed by atoms with Crippen LogP contribution in [-0.4, -0.2) is 0 Å². The van der Waals surface area contributed by atoms with Crippen LogP contribution < -0.4 is 88.6 Å². The summed E-state index contributed by atoms with van der Waals surface area (Å²) in [7, 11) is 0. The molecule has 0 saturated heterocycles. The van der Waals surface area contributed by atoms with Crippen LogP contribution in [0.25, 0.3) is 0 Å². The van der Waals surface area contributed by atoms with Gasteiger partial charge in [-0.2, -0.15) is 0 Å². The van der Waals surface area contributed by atoms with Gasteiger partial charge in [0.25, 0.3) is 0 Å². The average Bonchev–Trinajstić information content (AvgIpc) is 1.59. The standard InChI is InChI=1S/C3H3N3O3.3Li/c7-1-4-2(8)6-3(9)5-1;;;/h(H3,4,5,6,7,8,9);;;/q;3*+1/p-3. The van der Waals surface area contributed by atoms with Gasteiger partial charge in [-0.3, -0.25) is 0 Å². The Kier molecular flexibility index (Phi) is 11.8. The van der Waals surface area contributed by atoms with Crippen molar-refractivity contribution in [3.8, 4) is 0 Å². The van der Waals surface area contributed by atoms with Crippen molar-refractivity contribution in [3.63, 3.8) is 0 Å². The average molecular weight is 147 g/mol. The zero-order chi connectivity index (χ0) is 6.85. The second-order valence-corrected chi connectivity index (χ2v) is 1.18. The van der Waals surface area contributed by atoms with Crippen LogP contribution in [0.3, 0.4) is 0 Å². The first-order chi connectivity index (χ1) is 4.18. The zero-order valence-corrected chi connectivity index (χ0v) is 7.07. The second-order valence-electron chi connectivity index (χ2n) is 1.18. The Labute approximate surface area is 102 Å². The molecule has 0 radical (unpaired) electrons. The minimum Gasteiger partial charge on any atom is -0.628 e. The monoisotopic (exact) mass is 147 g/mol. The van der Waals surface area contributed by atoms with Gasteiger partial charge >= 0.3 is 56.6 Å². The van der Waals surface area contributed by atoms with E-state index in [9.17, 15) is 14.4 Å². The summed E-state index contributed by atoms with van der Waals surface area (Å²) in [6, 6.07) is 0. The van der Waals surface area contributed by atoms with E-state index in [1.165, 1.54) is 0 Å². The van der Waals surface area contributed by atoms with E-state index in [-0.39, 0.29) is 56.6 Å². The molecule has 1 rings (SSSR count). The van der Waals surface area contributed by atoms with Crippen molar-refractivity contribution in [2.75, 3.05) is 0 Å². The minimum absolute atomic E-state index is 0. The molecule has 0 saturated carbocycles. The summed E-state index contributed by atoms with van der Waals surface area (Å²) in [5.41, 5.74) is -3.25. The summed E-state index contributed by atoms with van der Waals surface area (Å²) in [4.78, 5) is 38.2. The molecule has 0 N–H and O–H groups in total. The molecule has 0 aliphatic carbocycles. The molecule has 9 heteroatoms. The first kappa shape index (κ1) is 18.1. The quantitative estimate of drug-likeness (QED) is 0.338. The zero-order valence-electron chi connectivity index (χ0n) is 7.07. The van der Waals surface area contributed by atoms with E-state index >= 15 is 0 Å². The number of rotatable bonds is 0. The molecule has 0 aliphatic rings. The number of aromatic nitrogens is 3. The molecule has 6 nitrogen and oxygen atoms in total. The fourth-order valence-electron chi connectivity index (χ4n) is 0.320. The van der Waals surface area contributed by atoms with Gasteiger partial charge in [0, 0.05) is 0 Å². The summed E-state index contributed by atoms with van der Waals surface area (Å²) in [6.45, 7) is 0. The molecule has 0 bridgehead atoms. The van der Waals surface area contributed by atoms with E-state index in [1.807, 2.05) is 0 Å². The van der Waals surface area contributed by atoms with Gasteiger partial charge in [0.05, 0.1) is 0 Å². The molecule has 0 spiro atoms. The van der Waals surface area contributed by atoms with E-state index in [0.717, 1.165) is 0 Å². The Balaban J connectivity index is -0.000000270. The van der Waals surface area contributed by atoms with E-state index in [2.05, 4.69) is 15.0 Å². The maximum Gasteiger partial charge on any atom is 1.00 e. The second kappa shape index (κ2) is 7.83. The topological polar surface area (TPSA) is 93.5 Å². The van der Waals surface area contributed by atoms with Gasteiger partial charge in [-0.1, -0.05) is 0 Å². The predicted molar refractivity (Wildman–Crippen MR) is 25.2 cm³/mol. The largest absolute Gasteiger partial charge is 1.00 e. The van der Waals surface area contributed by atoms with Crippen LogP contribution in [0.15, 0.2) is 14.4 Å². The molecule has 0 unspecified atom stereocenters. The number of hydrogen-bond donors (Lipinski definition) is 0. The van der Waals surface area contributed by atoms with Gasteiger partial charge in [-0.25, -0.2) is 0 Å². The molecule has 0 amide bonds. The first-order valence-corrected chi connectivity index (χ1v) is 1.95. The van der Waals surface area contributed by atoms with E-state index < -0.39 is 17.1 Å². The van der Waals surface area contributed by atoms with Crippen LogP contribution in [0.5, 0.6) is 0 Å². The van der Waals surface area contributed by atoms with Crippen molar-refractivity contribution in [3.05, 3.63) is 31.5 Å². The van der Waals surface area contributed by atoms with Crippen molar-refractivity contribution in [2.24, 2.45) is 0 Å². The predicted octanol–water partition coefficient (Wildman–Crippen LogP) is -12.3. The van der Waals surface area contributed by atoms with Gasteiger partial charge in [0.1, 0.15) is 0 Å². The van der Waals surface area contributed by atoms with Crippen molar-refractivity contribution >= 4 is 0 Å². The SMILES string of the molecule is O=c1[n-]c(=O)[n-]c(=O)[n-]1.[Li+].[Li+].[Li+]. The smallest absolute Gasteiger partial charge is 0.628 e. The van der Waals surface area contributed by atoms with Gasteiger partial charge in [-0.15, -0.1) is 0 Å². The summed E-state index contributed by atoms with van der Waals surface area (Å²) in [6.07, 6.45) is 0. The van der Waals surface area contributed by atoms with Crippen molar-refractivity contribution < 1.29 is 56.6 Å². The first-order valence-electron chi connectivity index (χ1n) is 1.95. The Bertz CT molecular complexity index is 287. The molecule has 0 aliphatic heterocycles. The third kappa shape index (κ3) is 5.80. The molecule has 0 aromatic carbocycles. The Morgan fingerprint density at radius 3 is 0.917 bits per heavy atom. The Morgan fingerprint density at radius 1 is 0.583 bits per heavy atom. The maximum absolute atomic E-state index is 10.0. The van der Waals surface area contributed by atoms with Crippen molar-refractivity contribution in [2.45, 2.75) is 0 Å². The van der Waals surface area contributed by atoms with Crippen LogP contribution in [0.2, 0.25) is 0 Å². The minimum atomic E-state index is -1.08. The van der Waals surface area contributed by atoms with Crippen LogP contribution >= 0.6 is 0 Å². The molecule has 0 atom stereocenters. The third-order valence-electron chi connectivity index (χ3n) is 0.574.